The number of hydrogen-bond acceptors (Lipinski definition) is 5. The van der Waals surface area contributed by atoms with Crippen molar-refractivity contribution < 1.29 is 24.2 Å². The van der Waals surface area contributed by atoms with Crippen molar-refractivity contribution in [2.75, 3.05) is 18.9 Å². The number of imide groups is 1. The third kappa shape index (κ3) is 4.49. The number of aliphatic carboxylic acids is 1. The number of nitrogens with two attached hydrogens (primary N) is 1. The van der Waals surface area contributed by atoms with E-state index in [2.05, 4.69) is 6.92 Å². The number of ether oxygens (including phenoxy) is 1. The number of unbranched alkanes of at least 4 members (excludes halogenated alkanes) is 3. The summed E-state index contributed by atoms with van der Waals surface area (Å²) >= 11 is 0. The smallest absolute Gasteiger partial charge is 0.303 e. The normalized spacial score (nSPS) is 13.2. The molecular weight excluding hydrogens is 324 g/mol. The molecule has 7 heteroatoms. The number of nitrogen functional groups attached to an aromatic ring is 1. The first-order chi connectivity index (χ1) is 12.0. The Balaban J connectivity index is 2.05. The van der Waals surface area contributed by atoms with E-state index in [-0.39, 0.29) is 30.5 Å². The van der Waals surface area contributed by atoms with Gasteiger partial charge in [-0.2, -0.15) is 0 Å². The van der Waals surface area contributed by atoms with Gasteiger partial charge in [0, 0.05) is 13.0 Å². The molecule has 0 radical (unpaired) electrons. The maximum absolute atomic E-state index is 12.4. The molecule has 2 amide bonds. The highest BCUT2D eigenvalue weighted by atomic mass is 16.5. The Kier molecular flexibility index (Phi) is 6.38. The Morgan fingerprint density at radius 1 is 1.12 bits per heavy atom. The lowest BCUT2D eigenvalue weighted by atomic mass is 10.1. The van der Waals surface area contributed by atoms with E-state index in [1.54, 1.807) is 0 Å². The van der Waals surface area contributed by atoms with Gasteiger partial charge in [-0.3, -0.25) is 19.3 Å². The molecule has 0 spiro atoms. The van der Waals surface area contributed by atoms with Crippen LogP contribution in [0, 0.1) is 0 Å². The second-order valence-electron chi connectivity index (χ2n) is 6.10. The van der Waals surface area contributed by atoms with Gasteiger partial charge < -0.3 is 15.6 Å². The lowest BCUT2D eigenvalue weighted by Crippen LogP contribution is -2.31. The molecule has 1 aliphatic rings. The SMILES string of the molecule is CCCCCCOc1cc2c(cc1N)C(=O)N(CCCC(=O)O)C2=O. The van der Waals surface area contributed by atoms with E-state index in [9.17, 15) is 14.4 Å². The second kappa shape index (κ2) is 8.50. The fourth-order valence-electron chi connectivity index (χ4n) is 2.76. The topological polar surface area (TPSA) is 110 Å². The first kappa shape index (κ1) is 18.8. The molecule has 0 saturated carbocycles. The van der Waals surface area contributed by atoms with Crippen LogP contribution in [0.15, 0.2) is 12.1 Å². The van der Waals surface area contributed by atoms with E-state index in [1.165, 1.54) is 12.1 Å². The standard InChI is InChI=1S/C18H24N2O5/c1-2-3-4-5-9-25-15-11-13-12(10-14(15)19)17(23)20(18(13)24)8-6-7-16(21)22/h10-11H,2-9,19H2,1H3,(H,21,22). The van der Waals surface area contributed by atoms with Crippen molar-refractivity contribution in [3.05, 3.63) is 23.3 Å². The van der Waals surface area contributed by atoms with E-state index in [1.807, 2.05) is 0 Å². The van der Waals surface area contributed by atoms with Crippen LogP contribution >= 0.6 is 0 Å². The van der Waals surface area contributed by atoms with Gasteiger partial charge >= 0.3 is 5.97 Å². The van der Waals surface area contributed by atoms with Gasteiger partial charge in [0.05, 0.1) is 23.4 Å². The van der Waals surface area contributed by atoms with Crippen LogP contribution in [0.3, 0.4) is 0 Å². The zero-order chi connectivity index (χ0) is 18.4. The molecule has 0 atom stereocenters. The maximum Gasteiger partial charge on any atom is 0.303 e. The van der Waals surface area contributed by atoms with Crippen molar-refractivity contribution in [3.8, 4) is 5.75 Å². The van der Waals surface area contributed by atoms with E-state index in [0.717, 1.165) is 30.6 Å². The first-order valence-electron chi connectivity index (χ1n) is 8.60. The lowest BCUT2D eigenvalue weighted by Gasteiger charge is -2.12. The number of nitrogens with zero attached hydrogens (tertiary/aromatic N) is 1. The number of carbonyl (C=O) groups is 3. The number of hydrogen-bond donors (Lipinski definition) is 2. The summed E-state index contributed by atoms with van der Waals surface area (Å²) < 4.78 is 5.66. The highest BCUT2D eigenvalue weighted by Gasteiger charge is 2.36. The monoisotopic (exact) mass is 348 g/mol. The number of amides is 2. The van der Waals surface area contributed by atoms with Crippen molar-refractivity contribution in [3.63, 3.8) is 0 Å². The summed E-state index contributed by atoms with van der Waals surface area (Å²) in [5.41, 5.74) is 6.77. The van der Waals surface area contributed by atoms with E-state index in [0.29, 0.717) is 18.0 Å². The second-order valence-corrected chi connectivity index (χ2v) is 6.10. The van der Waals surface area contributed by atoms with Crippen molar-refractivity contribution in [2.45, 2.75) is 45.4 Å². The van der Waals surface area contributed by atoms with Gasteiger partial charge in [0.25, 0.3) is 11.8 Å². The van der Waals surface area contributed by atoms with Crippen molar-refractivity contribution >= 4 is 23.5 Å². The minimum atomic E-state index is -0.959. The van der Waals surface area contributed by atoms with Gasteiger partial charge in [-0.25, -0.2) is 0 Å². The summed E-state index contributed by atoms with van der Waals surface area (Å²) in [7, 11) is 0. The van der Waals surface area contributed by atoms with Gasteiger partial charge in [0.1, 0.15) is 5.75 Å². The number of benzene rings is 1. The molecule has 0 unspecified atom stereocenters. The maximum atomic E-state index is 12.4. The van der Waals surface area contributed by atoms with Crippen LogP contribution in [-0.4, -0.2) is 40.9 Å². The molecule has 2 rings (SSSR count). The Hall–Kier alpha value is -2.57. The molecule has 0 bridgehead atoms. The van der Waals surface area contributed by atoms with Crippen molar-refractivity contribution in [1.29, 1.82) is 0 Å². The van der Waals surface area contributed by atoms with Gasteiger partial charge in [-0.1, -0.05) is 26.2 Å². The minimum Gasteiger partial charge on any atom is -0.491 e. The highest BCUT2D eigenvalue weighted by molar-refractivity contribution is 6.22. The molecule has 1 aromatic rings. The van der Waals surface area contributed by atoms with Gasteiger partial charge in [-0.05, 0) is 25.0 Å². The number of carboxylic acids is 1. The molecule has 3 N–H and O–H groups in total. The van der Waals surface area contributed by atoms with Gasteiger partial charge in [0.15, 0.2) is 0 Å². The minimum absolute atomic E-state index is 0.0752. The molecule has 25 heavy (non-hydrogen) atoms. The summed E-state index contributed by atoms with van der Waals surface area (Å²) in [6.07, 6.45) is 4.37. The molecule has 0 fully saturated rings. The highest BCUT2D eigenvalue weighted by Crippen LogP contribution is 2.32. The molecule has 7 nitrogen and oxygen atoms in total. The average molecular weight is 348 g/mol. The quantitative estimate of drug-likeness (QED) is 0.382. The Labute approximate surface area is 146 Å². The van der Waals surface area contributed by atoms with Crippen LogP contribution in [0.5, 0.6) is 5.75 Å². The lowest BCUT2D eigenvalue weighted by molar-refractivity contribution is -0.137. The van der Waals surface area contributed by atoms with Crippen molar-refractivity contribution in [2.24, 2.45) is 0 Å². The molecule has 136 valence electrons. The molecular formula is C18H24N2O5. The third-order valence-corrected chi connectivity index (χ3v) is 4.13. The number of carbonyl (C=O) groups excluding carboxylic acids is 2. The number of rotatable bonds is 10. The molecule has 0 aliphatic carbocycles. The summed E-state index contributed by atoms with van der Waals surface area (Å²) in [5.74, 6) is -1.42. The molecule has 1 aromatic carbocycles. The summed E-state index contributed by atoms with van der Waals surface area (Å²) in [6.45, 7) is 2.71. The summed E-state index contributed by atoms with van der Waals surface area (Å²) in [6, 6.07) is 2.98. The molecule has 1 heterocycles. The molecule has 0 saturated heterocycles. The van der Waals surface area contributed by atoms with Crippen LogP contribution < -0.4 is 10.5 Å². The van der Waals surface area contributed by atoms with Crippen molar-refractivity contribution in [1.82, 2.24) is 4.90 Å². The number of anilines is 1. The van der Waals surface area contributed by atoms with Crippen LogP contribution in [0.4, 0.5) is 5.69 Å². The summed E-state index contributed by atoms with van der Waals surface area (Å²) in [4.78, 5) is 36.4. The molecule has 0 aromatic heterocycles. The van der Waals surface area contributed by atoms with Crippen LogP contribution in [-0.2, 0) is 4.79 Å². The van der Waals surface area contributed by atoms with Crippen LogP contribution in [0.2, 0.25) is 0 Å². The fraction of sp³-hybridized carbons (Fsp3) is 0.500. The van der Waals surface area contributed by atoms with Gasteiger partial charge in [-0.15, -0.1) is 0 Å². The van der Waals surface area contributed by atoms with Crippen LogP contribution in [0.25, 0.3) is 0 Å². The first-order valence-corrected chi connectivity index (χ1v) is 8.60. The van der Waals surface area contributed by atoms with Gasteiger partial charge in [0.2, 0.25) is 0 Å². The van der Waals surface area contributed by atoms with E-state index in [4.69, 9.17) is 15.6 Å². The Morgan fingerprint density at radius 3 is 2.44 bits per heavy atom. The number of fused-ring (bicyclic) bond motifs is 1. The third-order valence-electron chi connectivity index (χ3n) is 4.13. The predicted octanol–water partition coefficient (Wildman–Crippen LogP) is 2.69. The number of carboxylic acid groups (broad SMARTS) is 1. The Bertz CT molecular complexity index is 672. The largest absolute Gasteiger partial charge is 0.491 e. The predicted molar refractivity (Wildman–Crippen MR) is 92.7 cm³/mol. The zero-order valence-electron chi connectivity index (χ0n) is 14.4. The fourth-order valence-corrected chi connectivity index (χ4v) is 2.76. The average Bonchev–Trinajstić information content (AvgIpc) is 2.79. The van der Waals surface area contributed by atoms with E-state index >= 15 is 0 Å². The zero-order valence-corrected chi connectivity index (χ0v) is 14.4. The molecule has 1 aliphatic heterocycles. The summed E-state index contributed by atoms with van der Waals surface area (Å²) in [5, 5.41) is 8.68. The Morgan fingerprint density at radius 2 is 1.80 bits per heavy atom. The van der Waals surface area contributed by atoms with Crippen LogP contribution in [0.1, 0.15) is 66.2 Å². The van der Waals surface area contributed by atoms with E-state index < -0.39 is 17.8 Å².